The van der Waals surface area contributed by atoms with Gasteiger partial charge in [0.15, 0.2) is 12.4 Å². The van der Waals surface area contributed by atoms with Crippen LogP contribution in [0.3, 0.4) is 0 Å². The predicted molar refractivity (Wildman–Crippen MR) is 114 cm³/mol. The van der Waals surface area contributed by atoms with E-state index in [1.165, 1.54) is 16.9 Å². The maximum Gasteiger partial charge on any atom is 0.355 e. The van der Waals surface area contributed by atoms with Gasteiger partial charge >= 0.3 is 11.9 Å². The van der Waals surface area contributed by atoms with Crippen molar-refractivity contribution in [3.05, 3.63) is 38.8 Å². The fraction of sp³-hybridized carbons (Fsp3) is 0.429. The smallest absolute Gasteiger partial charge is 0.355 e. The van der Waals surface area contributed by atoms with Crippen LogP contribution >= 0.6 is 11.3 Å². The maximum absolute atomic E-state index is 12.6. The fourth-order valence-electron chi connectivity index (χ4n) is 3.96. The third-order valence-electron chi connectivity index (χ3n) is 5.34. The summed E-state index contributed by atoms with van der Waals surface area (Å²) >= 11 is 1.65. The van der Waals surface area contributed by atoms with Crippen LogP contribution in [-0.2, 0) is 28.9 Å². The lowest BCUT2D eigenvalue weighted by Crippen LogP contribution is -2.11. The van der Waals surface area contributed by atoms with E-state index in [1.807, 2.05) is 0 Å². The monoisotopic (exact) mass is 428 g/mol. The second kappa shape index (κ2) is 8.06. The molecule has 0 unspecified atom stereocenters. The predicted octanol–water partition coefficient (Wildman–Crippen LogP) is 3.63. The summed E-state index contributed by atoms with van der Waals surface area (Å²) < 4.78 is 10.5. The van der Waals surface area contributed by atoms with Crippen molar-refractivity contribution in [1.29, 1.82) is 0 Å². The van der Waals surface area contributed by atoms with Crippen LogP contribution in [0.2, 0.25) is 0 Å². The first-order valence-corrected chi connectivity index (χ1v) is 10.8. The van der Waals surface area contributed by atoms with Gasteiger partial charge in [0.25, 0.3) is 0 Å². The van der Waals surface area contributed by atoms with Crippen LogP contribution < -0.4 is 5.73 Å². The number of fused-ring (bicyclic) bond motifs is 3. The molecule has 158 valence electrons. The number of aryl methyl sites for hydroxylation is 3. The minimum atomic E-state index is -0.584. The number of nitrogen functional groups attached to an aromatic ring is 1. The Labute approximate surface area is 177 Å². The van der Waals surface area contributed by atoms with Crippen molar-refractivity contribution < 1.29 is 19.1 Å². The Morgan fingerprint density at radius 2 is 1.90 bits per heavy atom. The normalized spacial score (nSPS) is 13.3. The molecule has 1 aliphatic carbocycles. The summed E-state index contributed by atoms with van der Waals surface area (Å²) in [5.74, 6) is -0.259. The molecule has 0 bridgehead atoms. The number of carbonyl (C=O) groups is 2. The number of esters is 2. The summed E-state index contributed by atoms with van der Waals surface area (Å²) in [6.45, 7) is 5.29. The molecule has 0 fully saturated rings. The number of anilines is 1. The van der Waals surface area contributed by atoms with Crippen molar-refractivity contribution in [2.75, 3.05) is 12.3 Å². The van der Waals surface area contributed by atoms with Crippen LogP contribution in [0.5, 0.6) is 0 Å². The van der Waals surface area contributed by atoms with E-state index in [9.17, 15) is 9.59 Å². The van der Waals surface area contributed by atoms with Crippen LogP contribution in [0.25, 0.3) is 10.2 Å². The number of aromatic nitrogens is 3. The quantitative estimate of drug-likeness (QED) is 0.595. The van der Waals surface area contributed by atoms with Crippen molar-refractivity contribution in [3.8, 4) is 0 Å². The van der Waals surface area contributed by atoms with Crippen LogP contribution in [0, 0.1) is 13.8 Å². The minimum Gasteiger partial charge on any atom is -0.462 e. The number of hydrogen-bond acceptors (Lipinski definition) is 8. The van der Waals surface area contributed by atoms with E-state index < -0.39 is 11.9 Å². The Kier molecular flexibility index (Phi) is 5.46. The lowest BCUT2D eigenvalue weighted by Gasteiger charge is -2.10. The van der Waals surface area contributed by atoms with Gasteiger partial charge in [-0.25, -0.2) is 19.6 Å². The molecular formula is C21H24N4O4S. The topological polar surface area (TPSA) is 120 Å². The first-order valence-electron chi connectivity index (χ1n) is 10.0. The summed E-state index contributed by atoms with van der Waals surface area (Å²) in [6.07, 6.45) is 4.39. The Morgan fingerprint density at radius 3 is 2.67 bits per heavy atom. The molecule has 3 heterocycles. The third-order valence-corrected chi connectivity index (χ3v) is 6.53. The van der Waals surface area contributed by atoms with E-state index in [2.05, 4.69) is 15.0 Å². The van der Waals surface area contributed by atoms with Gasteiger partial charge < -0.3 is 20.2 Å². The van der Waals surface area contributed by atoms with E-state index in [4.69, 9.17) is 15.2 Å². The number of nitrogens with one attached hydrogen (secondary N) is 1. The number of nitrogens with two attached hydrogens (primary N) is 1. The molecule has 8 nitrogen and oxygen atoms in total. The molecule has 0 saturated heterocycles. The Bertz CT molecular complexity index is 1150. The van der Waals surface area contributed by atoms with E-state index in [1.54, 1.807) is 32.1 Å². The zero-order valence-electron chi connectivity index (χ0n) is 17.3. The van der Waals surface area contributed by atoms with Gasteiger partial charge in [0.05, 0.1) is 17.6 Å². The van der Waals surface area contributed by atoms with E-state index in [0.717, 1.165) is 29.5 Å². The van der Waals surface area contributed by atoms with Gasteiger partial charge in [-0.2, -0.15) is 0 Å². The highest BCUT2D eigenvalue weighted by Gasteiger charge is 2.24. The second-order valence-electron chi connectivity index (χ2n) is 7.34. The highest BCUT2D eigenvalue weighted by Crippen LogP contribution is 2.37. The molecular weight excluding hydrogens is 404 g/mol. The van der Waals surface area contributed by atoms with Gasteiger partial charge in [-0.15, -0.1) is 11.3 Å². The van der Waals surface area contributed by atoms with E-state index in [-0.39, 0.29) is 18.9 Å². The molecule has 1 aliphatic rings. The molecule has 0 aliphatic heterocycles. The molecule has 4 rings (SSSR count). The first kappa shape index (κ1) is 20.3. The van der Waals surface area contributed by atoms with Gasteiger partial charge in [-0.05, 0) is 57.6 Å². The average molecular weight is 429 g/mol. The lowest BCUT2D eigenvalue weighted by molar-refractivity contribution is 0.0455. The number of rotatable bonds is 5. The largest absolute Gasteiger partial charge is 0.462 e. The average Bonchev–Trinajstić information content (AvgIpc) is 3.23. The zero-order valence-corrected chi connectivity index (χ0v) is 18.1. The number of ether oxygens (including phenoxy) is 2. The Balaban J connectivity index is 1.54. The van der Waals surface area contributed by atoms with Crippen LogP contribution in [0.4, 0.5) is 5.82 Å². The summed E-state index contributed by atoms with van der Waals surface area (Å²) in [5.41, 5.74) is 9.11. The van der Waals surface area contributed by atoms with Gasteiger partial charge in [-0.1, -0.05) is 0 Å². The summed E-state index contributed by atoms with van der Waals surface area (Å²) in [6, 6.07) is 0. The maximum atomic E-state index is 12.6. The molecule has 0 aromatic carbocycles. The number of nitrogens with zero attached hydrogens (tertiary/aromatic N) is 2. The van der Waals surface area contributed by atoms with Gasteiger partial charge in [0.2, 0.25) is 0 Å². The summed E-state index contributed by atoms with van der Waals surface area (Å²) in [5, 5.41) is 0.944. The van der Waals surface area contributed by atoms with E-state index in [0.29, 0.717) is 28.5 Å². The molecule has 0 spiro atoms. The number of carbonyl (C=O) groups excluding carboxylic acids is 2. The van der Waals surface area contributed by atoms with Gasteiger partial charge in [0.1, 0.15) is 16.3 Å². The second-order valence-corrected chi connectivity index (χ2v) is 8.42. The molecule has 0 saturated carbocycles. The molecule has 9 heteroatoms. The molecule has 3 N–H and O–H groups in total. The van der Waals surface area contributed by atoms with Crippen molar-refractivity contribution in [2.45, 2.75) is 53.1 Å². The standard InChI is InChI=1S/C21H24N4O4S/c1-4-28-20(26)15-10(2)17(23-11(15)3)21(27)29-9-14-24-18(22)16-12-7-5-6-8-13(12)30-19(16)25-14/h23H,4-9H2,1-3H3,(H2,22,24,25). The number of hydrogen-bond donors (Lipinski definition) is 2. The van der Waals surface area contributed by atoms with Crippen molar-refractivity contribution >= 4 is 39.3 Å². The molecule has 0 radical (unpaired) electrons. The number of thiophene rings is 1. The number of aromatic amines is 1. The van der Waals surface area contributed by atoms with Crippen LogP contribution in [-0.4, -0.2) is 33.5 Å². The van der Waals surface area contributed by atoms with Gasteiger partial charge in [-0.3, -0.25) is 0 Å². The van der Waals surface area contributed by atoms with Crippen molar-refractivity contribution in [2.24, 2.45) is 0 Å². The molecule has 3 aromatic rings. The first-order chi connectivity index (χ1) is 14.4. The molecule has 30 heavy (non-hydrogen) atoms. The van der Waals surface area contributed by atoms with Crippen LogP contribution in [0.15, 0.2) is 0 Å². The fourth-order valence-corrected chi connectivity index (χ4v) is 5.25. The Hall–Kier alpha value is -2.94. The van der Waals surface area contributed by atoms with E-state index >= 15 is 0 Å². The summed E-state index contributed by atoms with van der Waals surface area (Å²) in [7, 11) is 0. The molecule has 0 amide bonds. The lowest BCUT2D eigenvalue weighted by atomic mass is 9.97. The molecule has 0 atom stereocenters. The minimum absolute atomic E-state index is 0.103. The highest BCUT2D eigenvalue weighted by atomic mass is 32.1. The van der Waals surface area contributed by atoms with Crippen molar-refractivity contribution in [1.82, 2.24) is 15.0 Å². The van der Waals surface area contributed by atoms with Crippen LogP contribution in [0.1, 0.15) is 68.1 Å². The van der Waals surface area contributed by atoms with Gasteiger partial charge in [0, 0.05) is 10.6 Å². The highest BCUT2D eigenvalue weighted by molar-refractivity contribution is 7.19. The molecule has 3 aromatic heterocycles. The third kappa shape index (κ3) is 3.54. The number of H-pyrrole nitrogens is 1. The SMILES string of the molecule is CCOC(=O)c1c(C)[nH]c(C(=O)OCc2nc(N)c3c4c(sc3n2)CCCC4)c1C. The zero-order chi connectivity index (χ0) is 21.4. The van der Waals surface area contributed by atoms with Crippen molar-refractivity contribution in [3.63, 3.8) is 0 Å². The summed E-state index contributed by atoms with van der Waals surface area (Å²) in [4.78, 5) is 38.7. The Morgan fingerprint density at radius 1 is 1.13 bits per heavy atom.